The third-order valence-electron chi connectivity index (χ3n) is 6.74. The van der Waals surface area contributed by atoms with Crippen molar-refractivity contribution in [3.05, 3.63) is 23.3 Å². The number of ether oxygens (including phenoxy) is 2. The molecule has 2 unspecified atom stereocenters. The summed E-state index contributed by atoms with van der Waals surface area (Å²) in [5, 5.41) is 0. The summed E-state index contributed by atoms with van der Waals surface area (Å²) in [4.78, 5) is 14.3. The van der Waals surface area contributed by atoms with E-state index in [1.807, 2.05) is 6.07 Å². The molecule has 2 aliphatic carbocycles. The lowest BCUT2D eigenvalue weighted by atomic mass is 9.52. The number of ketones is 1. The summed E-state index contributed by atoms with van der Waals surface area (Å²) in [6, 6.07) is 4.84. The van der Waals surface area contributed by atoms with Gasteiger partial charge >= 0.3 is 0 Å². The number of quaternary nitrogens is 1. The van der Waals surface area contributed by atoms with E-state index in [0.717, 1.165) is 37.3 Å². The van der Waals surface area contributed by atoms with E-state index in [1.165, 1.54) is 11.1 Å². The summed E-state index contributed by atoms with van der Waals surface area (Å²) in [5.41, 5.74) is 2.63. The van der Waals surface area contributed by atoms with Crippen molar-refractivity contribution in [1.82, 2.24) is 0 Å². The lowest BCUT2D eigenvalue weighted by molar-refractivity contribution is -0.919. The van der Waals surface area contributed by atoms with Crippen LogP contribution in [0.3, 0.4) is 0 Å². The number of nitrogens with one attached hydrogen (secondary N) is 1. The predicted molar refractivity (Wildman–Crippen MR) is 80.7 cm³/mol. The van der Waals surface area contributed by atoms with Crippen molar-refractivity contribution < 1.29 is 19.2 Å². The zero-order chi connectivity index (χ0) is 15.1. The van der Waals surface area contributed by atoms with Gasteiger partial charge in [0, 0.05) is 30.7 Å². The maximum Gasteiger partial charge on any atom is 0.174 e. The molecule has 22 heavy (non-hydrogen) atoms. The standard InChI is InChI=1S/C18H21NO3/c1-19-8-7-18-11-4-5-13(20)17(18)22-16-14(21-2)6-3-10(15(16)18)9-12(11)19/h3,6,11-12,17H,4-5,7-9H2,1-2H3/p+1/t11?,12-,17+,18+/m0/s1. The Bertz CT molecular complexity index is 685. The summed E-state index contributed by atoms with van der Waals surface area (Å²) in [6.45, 7) is 1.13. The first-order valence-electron chi connectivity index (χ1n) is 8.39. The largest absolute Gasteiger partial charge is 0.493 e. The summed E-state index contributed by atoms with van der Waals surface area (Å²) in [5.74, 6) is 2.52. The van der Waals surface area contributed by atoms with Gasteiger partial charge in [0.15, 0.2) is 23.4 Å². The molecular weight excluding hydrogens is 278 g/mol. The first-order chi connectivity index (χ1) is 10.7. The van der Waals surface area contributed by atoms with Gasteiger partial charge in [-0.3, -0.25) is 4.79 Å². The molecule has 5 rings (SSSR count). The van der Waals surface area contributed by atoms with Crippen molar-refractivity contribution in [1.29, 1.82) is 0 Å². The molecule has 0 amide bonds. The minimum absolute atomic E-state index is 0.0725. The molecule has 2 fully saturated rings. The molecule has 2 heterocycles. The van der Waals surface area contributed by atoms with Crippen LogP contribution in [-0.4, -0.2) is 38.6 Å². The number of rotatable bonds is 1. The molecule has 2 aliphatic heterocycles. The second kappa shape index (κ2) is 4.05. The van der Waals surface area contributed by atoms with E-state index in [2.05, 4.69) is 13.1 Å². The molecule has 4 aliphatic rings. The highest BCUT2D eigenvalue weighted by molar-refractivity contribution is 5.89. The number of Topliss-reactive ketones (excluding diaryl/α,β-unsaturated/α-hetero) is 1. The normalized spacial score (nSPS) is 40.9. The number of benzene rings is 1. The molecule has 2 bridgehead atoms. The summed E-state index contributed by atoms with van der Waals surface area (Å²) in [7, 11) is 4.00. The van der Waals surface area contributed by atoms with Gasteiger partial charge in [-0.05, 0) is 18.1 Å². The number of hydrogen-bond acceptors (Lipinski definition) is 3. The lowest BCUT2D eigenvalue weighted by Gasteiger charge is -2.54. The molecule has 0 aromatic heterocycles. The summed E-state index contributed by atoms with van der Waals surface area (Å²) in [6.07, 6.45) is 3.59. The SMILES string of the molecule is COc1ccc2c3c1O[C@@H]1C(=O)CCC4[C@H](C2)[NH+](C)CC[C@]341. The van der Waals surface area contributed by atoms with Gasteiger partial charge in [-0.25, -0.2) is 0 Å². The van der Waals surface area contributed by atoms with Gasteiger partial charge in [0.1, 0.15) is 0 Å². The molecular formula is C18H22NO3+. The highest BCUT2D eigenvalue weighted by Crippen LogP contribution is 2.61. The Kier molecular flexibility index (Phi) is 2.38. The number of methoxy groups -OCH3 is 1. The summed E-state index contributed by atoms with van der Waals surface area (Å²) >= 11 is 0. The van der Waals surface area contributed by atoms with Crippen molar-refractivity contribution in [2.75, 3.05) is 20.7 Å². The predicted octanol–water partition coefficient (Wildman–Crippen LogP) is 0.516. The van der Waals surface area contributed by atoms with Crippen molar-refractivity contribution in [3.63, 3.8) is 0 Å². The molecule has 1 saturated carbocycles. The molecule has 0 radical (unpaired) electrons. The van der Waals surface area contributed by atoms with Crippen LogP contribution in [0.15, 0.2) is 12.1 Å². The van der Waals surface area contributed by atoms with Gasteiger partial charge in [0.05, 0.1) is 32.2 Å². The maximum absolute atomic E-state index is 12.6. The van der Waals surface area contributed by atoms with Crippen molar-refractivity contribution in [2.45, 2.75) is 43.2 Å². The van der Waals surface area contributed by atoms with Crippen molar-refractivity contribution in [2.24, 2.45) is 5.92 Å². The second-order valence-corrected chi connectivity index (χ2v) is 7.44. The molecule has 5 atom stereocenters. The first kappa shape index (κ1) is 12.9. The Hall–Kier alpha value is -1.55. The van der Waals surface area contributed by atoms with E-state index in [1.54, 1.807) is 12.0 Å². The van der Waals surface area contributed by atoms with Crippen LogP contribution in [-0.2, 0) is 16.6 Å². The van der Waals surface area contributed by atoms with E-state index < -0.39 is 0 Å². The van der Waals surface area contributed by atoms with Gasteiger partial charge in [0.2, 0.25) is 0 Å². The average molecular weight is 300 g/mol. The quantitative estimate of drug-likeness (QED) is 0.822. The maximum atomic E-state index is 12.6. The number of carbonyl (C=O) groups excluding carboxylic acids is 1. The first-order valence-corrected chi connectivity index (χ1v) is 8.39. The van der Waals surface area contributed by atoms with E-state index in [4.69, 9.17) is 9.47 Å². The fraction of sp³-hybridized carbons (Fsp3) is 0.611. The zero-order valence-electron chi connectivity index (χ0n) is 13.1. The Morgan fingerprint density at radius 1 is 1.41 bits per heavy atom. The molecule has 1 aromatic carbocycles. The van der Waals surface area contributed by atoms with Crippen LogP contribution in [0.4, 0.5) is 0 Å². The van der Waals surface area contributed by atoms with E-state index in [0.29, 0.717) is 24.2 Å². The monoisotopic (exact) mass is 300 g/mol. The zero-order valence-corrected chi connectivity index (χ0v) is 13.1. The number of likely N-dealkylation sites (tertiary alicyclic amines) is 1. The van der Waals surface area contributed by atoms with Crippen LogP contribution in [0.1, 0.15) is 30.4 Å². The van der Waals surface area contributed by atoms with E-state index >= 15 is 0 Å². The number of piperidine rings is 1. The van der Waals surface area contributed by atoms with Crippen LogP contribution in [0.5, 0.6) is 11.5 Å². The molecule has 1 saturated heterocycles. The highest BCUT2D eigenvalue weighted by Gasteiger charge is 2.67. The minimum Gasteiger partial charge on any atom is -0.493 e. The van der Waals surface area contributed by atoms with Crippen molar-refractivity contribution in [3.8, 4) is 11.5 Å². The molecule has 4 heteroatoms. The van der Waals surface area contributed by atoms with Crippen LogP contribution < -0.4 is 14.4 Å². The Balaban J connectivity index is 1.81. The Morgan fingerprint density at radius 2 is 2.27 bits per heavy atom. The molecule has 1 N–H and O–H groups in total. The van der Waals surface area contributed by atoms with Gasteiger partial charge in [-0.15, -0.1) is 0 Å². The topological polar surface area (TPSA) is 40.0 Å². The van der Waals surface area contributed by atoms with Crippen molar-refractivity contribution >= 4 is 5.78 Å². The summed E-state index contributed by atoms with van der Waals surface area (Å²) < 4.78 is 11.8. The van der Waals surface area contributed by atoms with E-state index in [9.17, 15) is 4.79 Å². The van der Waals surface area contributed by atoms with Crippen LogP contribution in [0, 0.1) is 5.92 Å². The van der Waals surface area contributed by atoms with Crippen LogP contribution >= 0.6 is 0 Å². The van der Waals surface area contributed by atoms with E-state index in [-0.39, 0.29) is 11.5 Å². The average Bonchev–Trinajstić information content (AvgIpc) is 2.88. The molecule has 1 spiro atoms. The molecule has 1 aromatic rings. The Labute approximate surface area is 130 Å². The molecule has 4 nitrogen and oxygen atoms in total. The molecule has 116 valence electrons. The number of hydrogen-bond donors (Lipinski definition) is 1. The fourth-order valence-corrected chi connectivity index (χ4v) is 5.82. The minimum atomic E-state index is -0.271. The third kappa shape index (κ3) is 1.27. The lowest BCUT2D eigenvalue weighted by Crippen LogP contribution is -3.16. The van der Waals surface area contributed by atoms with Crippen LogP contribution in [0.2, 0.25) is 0 Å². The van der Waals surface area contributed by atoms with Gasteiger partial charge in [-0.2, -0.15) is 0 Å². The number of likely N-dealkylation sites (N-methyl/N-ethyl adjacent to an activating group) is 1. The Morgan fingerprint density at radius 3 is 3.09 bits per heavy atom. The number of carbonyl (C=O) groups is 1. The fourth-order valence-electron chi connectivity index (χ4n) is 5.82. The second-order valence-electron chi connectivity index (χ2n) is 7.44. The third-order valence-corrected chi connectivity index (χ3v) is 6.74. The van der Waals surface area contributed by atoms with Gasteiger partial charge in [0.25, 0.3) is 0 Å². The smallest absolute Gasteiger partial charge is 0.174 e. The van der Waals surface area contributed by atoms with Gasteiger partial charge < -0.3 is 14.4 Å². The van der Waals surface area contributed by atoms with Gasteiger partial charge in [-0.1, -0.05) is 6.07 Å². The highest BCUT2D eigenvalue weighted by atomic mass is 16.5. The van der Waals surface area contributed by atoms with Crippen LogP contribution in [0.25, 0.3) is 0 Å².